The summed E-state index contributed by atoms with van der Waals surface area (Å²) >= 11 is 0. The highest BCUT2D eigenvalue weighted by atomic mass is 19.3. The summed E-state index contributed by atoms with van der Waals surface area (Å²) in [5.41, 5.74) is 4.95. The van der Waals surface area contributed by atoms with E-state index in [1.54, 1.807) is 6.20 Å². The average molecular weight is 367 g/mol. The first-order valence-corrected chi connectivity index (χ1v) is 8.21. The number of nitrogens with one attached hydrogen (secondary N) is 1. The third kappa shape index (κ3) is 4.41. The molecule has 0 spiro atoms. The quantitative estimate of drug-likeness (QED) is 0.840. The number of alkyl halides is 2. The average Bonchev–Trinajstić information content (AvgIpc) is 3.13. The molecule has 11 heteroatoms. The zero-order valence-corrected chi connectivity index (χ0v) is 13.9. The van der Waals surface area contributed by atoms with Crippen LogP contribution < -0.4 is 11.1 Å². The van der Waals surface area contributed by atoms with Crippen molar-refractivity contribution in [2.24, 2.45) is 11.7 Å². The summed E-state index contributed by atoms with van der Waals surface area (Å²) in [7, 11) is 0. The molecular formula is C15H19F2N7O2. The van der Waals surface area contributed by atoms with E-state index in [1.807, 2.05) is 10.7 Å². The summed E-state index contributed by atoms with van der Waals surface area (Å²) in [4.78, 5) is 25.3. The molecule has 1 aliphatic carbocycles. The molecule has 3 heterocycles. The molecule has 2 aliphatic rings. The van der Waals surface area contributed by atoms with Gasteiger partial charge in [0.1, 0.15) is 12.1 Å². The molecule has 0 atom stereocenters. The number of rotatable bonds is 3. The molecule has 2 aromatic heterocycles. The van der Waals surface area contributed by atoms with E-state index in [4.69, 9.17) is 5.73 Å². The number of hydrogen-bond acceptors (Lipinski definition) is 5. The largest absolute Gasteiger partial charge is 0.363 e. The van der Waals surface area contributed by atoms with E-state index in [1.165, 1.54) is 11.0 Å². The summed E-state index contributed by atoms with van der Waals surface area (Å²) < 4.78 is 28.2. The standard InChI is InChI=1S/C8H10F2N4O.C7H9N3O/c9-8(10)1-5(2-8)3-14-4-12-7(13-14)6(11)15;11-7-2-1-5-10-6(9-7)3-4-8-10/h4-5H,1-3H2,(H2,11,15);3-4H,1-2,5H2,(H,9,11). The molecule has 0 aromatic carbocycles. The van der Waals surface area contributed by atoms with Crippen molar-refractivity contribution in [3.05, 3.63) is 24.4 Å². The van der Waals surface area contributed by atoms with Crippen molar-refractivity contribution in [1.82, 2.24) is 24.5 Å². The van der Waals surface area contributed by atoms with Crippen molar-refractivity contribution < 1.29 is 18.4 Å². The Labute approximate surface area is 147 Å². The Hall–Kier alpha value is -2.85. The molecular weight excluding hydrogens is 348 g/mol. The van der Waals surface area contributed by atoms with Gasteiger partial charge in [0.15, 0.2) is 0 Å². The van der Waals surface area contributed by atoms with Crippen LogP contribution in [0, 0.1) is 5.92 Å². The Morgan fingerprint density at radius 1 is 1.42 bits per heavy atom. The maximum Gasteiger partial charge on any atom is 0.288 e. The normalized spacial score (nSPS) is 18.6. The summed E-state index contributed by atoms with van der Waals surface area (Å²) in [6.07, 6.45) is 4.25. The molecule has 2 aromatic rings. The number of nitrogens with zero attached hydrogens (tertiary/aromatic N) is 5. The first-order chi connectivity index (χ1) is 12.3. The molecule has 1 fully saturated rings. The number of carbonyl (C=O) groups excluding carboxylic acids is 2. The third-order valence-electron chi connectivity index (χ3n) is 4.13. The summed E-state index contributed by atoms with van der Waals surface area (Å²) in [6.45, 7) is 1.19. The van der Waals surface area contributed by atoms with Crippen LogP contribution in [0.25, 0.3) is 0 Å². The van der Waals surface area contributed by atoms with Crippen LogP contribution in [0.3, 0.4) is 0 Å². The molecule has 4 rings (SSSR count). The van der Waals surface area contributed by atoms with Crippen LogP contribution in [0.5, 0.6) is 0 Å². The second kappa shape index (κ2) is 7.18. The summed E-state index contributed by atoms with van der Waals surface area (Å²) in [5.74, 6) is -2.52. The van der Waals surface area contributed by atoms with Crippen LogP contribution in [-0.4, -0.2) is 42.3 Å². The molecule has 140 valence electrons. The van der Waals surface area contributed by atoms with Crippen molar-refractivity contribution in [1.29, 1.82) is 0 Å². The Balaban J connectivity index is 0.000000158. The predicted octanol–water partition coefficient (Wildman–Crippen LogP) is 1.04. The van der Waals surface area contributed by atoms with Crippen LogP contribution in [0.1, 0.15) is 36.3 Å². The van der Waals surface area contributed by atoms with Gasteiger partial charge in [0.2, 0.25) is 17.7 Å². The van der Waals surface area contributed by atoms with E-state index in [-0.39, 0.29) is 30.5 Å². The molecule has 0 bridgehead atoms. The fraction of sp³-hybridized carbons (Fsp3) is 0.533. The van der Waals surface area contributed by atoms with E-state index < -0.39 is 11.8 Å². The number of nitrogens with two attached hydrogens (primary N) is 1. The van der Waals surface area contributed by atoms with Gasteiger partial charge in [-0.05, 0) is 12.3 Å². The Morgan fingerprint density at radius 2 is 2.19 bits per heavy atom. The predicted molar refractivity (Wildman–Crippen MR) is 86.3 cm³/mol. The lowest BCUT2D eigenvalue weighted by Crippen LogP contribution is -2.37. The molecule has 0 saturated heterocycles. The van der Waals surface area contributed by atoms with Crippen LogP contribution in [0.2, 0.25) is 0 Å². The Morgan fingerprint density at radius 3 is 2.85 bits per heavy atom. The highest BCUT2D eigenvalue weighted by molar-refractivity contribution is 5.90. The molecule has 0 unspecified atom stereocenters. The minimum atomic E-state index is -2.53. The number of primary amides is 1. The van der Waals surface area contributed by atoms with Gasteiger partial charge >= 0.3 is 0 Å². The molecule has 1 aliphatic heterocycles. The minimum Gasteiger partial charge on any atom is -0.363 e. The minimum absolute atomic E-state index is 0.0823. The van der Waals surface area contributed by atoms with Gasteiger partial charge in [-0.25, -0.2) is 18.4 Å². The molecule has 1 saturated carbocycles. The van der Waals surface area contributed by atoms with Gasteiger partial charge in [0, 0.05) is 38.4 Å². The van der Waals surface area contributed by atoms with Crippen molar-refractivity contribution in [3.63, 3.8) is 0 Å². The summed E-state index contributed by atoms with van der Waals surface area (Å²) in [5, 5.41) is 10.6. The topological polar surface area (TPSA) is 121 Å². The van der Waals surface area contributed by atoms with Gasteiger partial charge in [-0.3, -0.25) is 14.3 Å². The van der Waals surface area contributed by atoms with Crippen LogP contribution in [0.15, 0.2) is 18.6 Å². The van der Waals surface area contributed by atoms with E-state index in [9.17, 15) is 18.4 Å². The number of fused-ring (bicyclic) bond motifs is 1. The van der Waals surface area contributed by atoms with Crippen molar-refractivity contribution >= 4 is 17.6 Å². The number of halogens is 2. The first-order valence-electron chi connectivity index (χ1n) is 8.21. The van der Waals surface area contributed by atoms with E-state index in [0.29, 0.717) is 13.0 Å². The monoisotopic (exact) mass is 367 g/mol. The van der Waals surface area contributed by atoms with Crippen LogP contribution in [0.4, 0.5) is 14.6 Å². The highest BCUT2D eigenvalue weighted by Crippen LogP contribution is 2.42. The fourth-order valence-corrected chi connectivity index (χ4v) is 2.89. The SMILES string of the molecule is NC(=O)c1ncn(CC2CC(F)(F)C2)n1.O=C1CCCn2nccc2N1. The molecule has 0 radical (unpaired) electrons. The highest BCUT2D eigenvalue weighted by Gasteiger charge is 2.45. The molecule has 9 nitrogen and oxygen atoms in total. The van der Waals surface area contributed by atoms with Crippen molar-refractivity contribution in [2.45, 2.75) is 44.7 Å². The van der Waals surface area contributed by atoms with Crippen molar-refractivity contribution in [3.8, 4) is 0 Å². The maximum absolute atomic E-state index is 12.5. The first kappa shape index (κ1) is 18.0. The smallest absolute Gasteiger partial charge is 0.288 e. The van der Waals surface area contributed by atoms with Crippen LogP contribution in [-0.2, 0) is 17.9 Å². The van der Waals surface area contributed by atoms with Gasteiger partial charge in [-0.2, -0.15) is 5.10 Å². The van der Waals surface area contributed by atoms with Gasteiger partial charge in [-0.15, -0.1) is 5.10 Å². The molecule has 2 amide bonds. The van der Waals surface area contributed by atoms with E-state index in [2.05, 4.69) is 20.5 Å². The maximum atomic E-state index is 12.5. The zero-order valence-electron chi connectivity index (χ0n) is 13.9. The second-order valence-corrected chi connectivity index (χ2v) is 6.38. The van der Waals surface area contributed by atoms with E-state index in [0.717, 1.165) is 18.8 Å². The fourth-order valence-electron chi connectivity index (χ4n) is 2.89. The zero-order chi connectivity index (χ0) is 18.7. The number of hydrogen-bond donors (Lipinski definition) is 2. The van der Waals surface area contributed by atoms with Crippen LogP contribution >= 0.6 is 0 Å². The number of carbonyl (C=O) groups is 2. The second-order valence-electron chi connectivity index (χ2n) is 6.38. The molecule has 3 N–H and O–H groups in total. The Kier molecular flexibility index (Phi) is 4.96. The number of amides is 2. The summed E-state index contributed by atoms with van der Waals surface area (Å²) in [6, 6.07) is 1.81. The van der Waals surface area contributed by atoms with Crippen molar-refractivity contribution in [2.75, 3.05) is 5.32 Å². The lowest BCUT2D eigenvalue weighted by Gasteiger charge is -2.34. The van der Waals surface area contributed by atoms with Gasteiger partial charge < -0.3 is 11.1 Å². The lowest BCUT2D eigenvalue weighted by molar-refractivity contribution is -0.116. The molecule has 26 heavy (non-hydrogen) atoms. The number of aryl methyl sites for hydroxylation is 1. The third-order valence-corrected chi connectivity index (χ3v) is 4.13. The van der Waals surface area contributed by atoms with Gasteiger partial charge in [0.05, 0.1) is 6.20 Å². The van der Waals surface area contributed by atoms with E-state index >= 15 is 0 Å². The van der Waals surface area contributed by atoms with Gasteiger partial charge in [-0.1, -0.05) is 0 Å². The lowest BCUT2D eigenvalue weighted by atomic mass is 9.81. The Bertz CT molecular complexity index is 794. The number of anilines is 1. The number of aromatic nitrogens is 5. The van der Waals surface area contributed by atoms with Gasteiger partial charge in [0.25, 0.3) is 5.91 Å².